The lowest BCUT2D eigenvalue weighted by molar-refractivity contribution is 0.202. The number of nitrogens with one attached hydrogen (secondary N) is 1. The molecule has 1 aromatic rings. The number of carbonyl (C=O) groups is 1. The Bertz CT molecular complexity index is 427. The van der Waals surface area contributed by atoms with E-state index in [9.17, 15) is 4.79 Å². The number of likely N-dealkylation sites (N-methyl/N-ethyl adjacent to an activating group) is 1. The topological polar surface area (TPSA) is 61.6 Å². The van der Waals surface area contributed by atoms with Crippen LogP contribution in [0.3, 0.4) is 0 Å². The van der Waals surface area contributed by atoms with Gasteiger partial charge in [0, 0.05) is 32.1 Å². The molecule has 0 aromatic carbocycles. The van der Waals surface area contributed by atoms with E-state index in [4.69, 9.17) is 4.52 Å². The second-order valence-corrected chi connectivity index (χ2v) is 5.49. The summed E-state index contributed by atoms with van der Waals surface area (Å²) >= 11 is 0. The fourth-order valence-electron chi connectivity index (χ4n) is 1.99. The first kappa shape index (κ1) is 17.5. The number of hydrogen-bond donors (Lipinski definition) is 1. The van der Waals surface area contributed by atoms with Crippen LogP contribution in [0, 0.1) is 0 Å². The normalized spacial score (nSPS) is 11.2. The Labute approximate surface area is 127 Å². The molecule has 0 fully saturated rings. The zero-order valence-corrected chi connectivity index (χ0v) is 13.8. The van der Waals surface area contributed by atoms with Crippen molar-refractivity contribution in [1.82, 2.24) is 20.3 Å². The number of aromatic nitrogens is 1. The van der Waals surface area contributed by atoms with Gasteiger partial charge in [-0.1, -0.05) is 32.9 Å². The second-order valence-electron chi connectivity index (χ2n) is 5.49. The minimum atomic E-state index is -0.0868. The lowest BCUT2D eigenvalue weighted by Gasteiger charge is -2.20. The standard InChI is InChI=1S/C15H28N4O2/c1-6-19(7-2)9-8-16-15(20)18(5)11-13-10-14(12(3)4)21-17-13/h10,12H,6-9,11H2,1-5H3,(H,16,20). The van der Waals surface area contributed by atoms with E-state index >= 15 is 0 Å². The lowest BCUT2D eigenvalue weighted by Crippen LogP contribution is -2.41. The number of hydrogen-bond acceptors (Lipinski definition) is 4. The Kier molecular flexibility index (Phi) is 7.22. The first-order valence-corrected chi connectivity index (χ1v) is 7.64. The molecule has 0 atom stereocenters. The van der Waals surface area contributed by atoms with Crippen LogP contribution in [0.1, 0.15) is 45.1 Å². The summed E-state index contributed by atoms with van der Waals surface area (Å²) in [5.74, 6) is 1.15. The zero-order chi connectivity index (χ0) is 15.8. The van der Waals surface area contributed by atoms with Crippen molar-refractivity contribution in [1.29, 1.82) is 0 Å². The van der Waals surface area contributed by atoms with Crippen LogP contribution in [-0.2, 0) is 6.54 Å². The van der Waals surface area contributed by atoms with Gasteiger partial charge in [-0.05, 0) is 13.1 Å². The number of amides is 2. The maximum Gasteiger partial charge on any atom is 0.317 e. The van der Waals surface area contributed by atoms with Gasteiger partial charge in [0.15, 0.2) is 0 Å². The predicted octanol–water partition coefficient (Wildman–Crippen LogP) is 2.28. The highest BCUT2D eigenvalue weighted by molar-refractivity contribution is 5.73. The SMILES string of the molecule is CCN(CC)CCNC(=O)N(C)Cc1cc(C(C)C)on1. The number of nitrogens with zero attached hydrogens (tertiary/aromatic N) is 3. The molecule has 6 heteroatoms. The maximum atomic E-state index is 12.0. The Balaban J connectivity index is 2.36. The molecule has 1 N–H and O–H groups in total. The van der Waals surface area contributed by atoms with E-state index in [1.807, 2.05) is 19.9 Å². The van der Waals surface area contributed by atoms with Crippen LogP contribution in [0.2, 0.25) is 0 Å². The first-order valence-electron chi connectivity index (χ1n) is 7.64. The molecular weight excluding hydrogens is 268 g/mol. The van der Waals surface area contributed by atoms with Crippen molar-refractivity contribution in [2.75, 3.05) is 33.2 Å². The Morgan fingerprint density at radius 1 is 1.38 bits per heavy atom. The predicted molar refractivity (Wildman–Crippen MR) is 83.2 cm³/mol. The van der Waals surface area contributed by atoms with Crippen LogP contribution in [0.15, 0.2) is 10.6 Å². The zero-order valence-electron chi connectivity index (χ0n) is 13.8. The highest BCUT2D eigenvalue weighted by Crippen LogP contribution is 2.15. The highest BCUT2D eigenvalue weighted by Gasteiger charge is 2.13. The number of rotatable bonds is 8. The van der Waals surface area contributed by atoms with Gasteiger partial charge in [-0.15, -0.1) is 0 Å². The van der Waals surface area contributed by atoms with E-state index in [1.54, 1.807) is 11.9 Å². The molecule has 1 rings (SSSR count). The van der Waals surface area contributed by atoms with Crippen molar-refractivity contribution in [3.05, 3.63) is 17.5 Å². The van der Waals surface area contributed by atoms with E-state index in [0.717, 1.165) is 31.1 Å². The van der Waals surface area contributed by atoms with Gasteiger partial charge in [-0.2, -0.15) is 0 Å². The summed E-state index contributed by atoms with van der Waals surface area (Å²) in [7, 11) is 1.76. The summed E-state index contributed by atoms with van der Waals surface area (Å²) in [4.78, 5) is 15.9. The summed E-state index contributed by atoms with van der Waals surface area (Å²) in [6, 6.07) is 1.82. The summed E-state index contributed by atoms with van der Waals surface area (Å²) in [5, 5.41) is 6.91. The number of carbonyl (C=O) groups excluding carboxylic acids is 1. The minimum absolute atomic E-state index is 0.0868. The molecule has 120 valence electrons. The van der Waals surface area contributed by atoms with E-state index in [-0.39, 0.29) is 6.03 Å². The van der Waals surface area contributed by atoms with Gasteiger partial charge in [0.05, 0.1) is 6.54 Å². The molecule has 0 saturated carbocycles. The molecule has 1 heterocycles. The van der Waals surface area contributed by atoms with Crippen LogP contribution in [0.4, 0.5) is 4.79 Å². The smallest absolute Gasteiger partial charge is 0.317 e. The average molecular weight is 296 g/mol. The molecule has 0 spiro atoms. The molecule has 0 aliphatic rings. The van der Waals surface area contributed by atoms with Crippen LogP contribution >= 0.6 is 0 Å². The molecular formula is C15H28N4O2. The quantitative estimate of drug-likeness (QED) is 0.799. The maximum absolute atomic E-state index is 12.0. The summed E-state index contributed by atoms with van der Waals surface area (Å²) in [6.07, 6.45) is 0. The van der Waals surface area contributed by atoms with Crippen LogP contribution < -0.4 is 5.32 Å². The molecule has 0 aliphatic heterocycles. The van der Waals surface area contributed by atoms with Crippen molar-refractivity contribution in [2.45, 2.75) is 40.2 Å². The third-order valence-electron chi connectivity index (χ3n) is 3.49. The van der Waals surface area contributed by atoms with E-state index < -0.39 is 0 Å². The average Bonchev–Trinajstić information content (AvgIpc) is 2.92. The highest BCUT2D eigenvalue weighted by atomic mass is 16.5. The molecule has 0 aliphatic carbocycles. The van der Waals surface area contributed by atoms with Crippen molar-refractivity contribution in [3.8, 4) is 0 Å². The molecule has 21 heavy (non-hydrogen) atoms. The second kappa shape index (κ2) is 8.67. The van der Waals surface area contributed by atoms with Gasteiger partial charge in [0.1, 0.15) is 11.5 Å². The van der Waals surface area contributed by atoms with Gasteiger partial charge in [0.2, 0.25) is 0 Å². The molecule has 2 amide bonds. The number of urea groups is 1. The third kappa shape index (κ3) is 5.75. The van der Waals surface area contributed by atoms with E-state index in [0.29, 0.717) is 19.0 Å². The summed E-state index contributed by atoms with van der Waals surface area (Å²) < 4.78 is 5.23. The third-order valence-corrected chi connectivity index (χ3v) is 3.49. The molecule has 0 radical (unpaired) electrons. The van der Waals surface area contributed by atoms with Gasteiger partial charge >= 0.3 is 6.03 Å². The van der Waals surface area contributed by atoms with Gasteiger partial charge in [0.25, 0.3) is 0 Å². The van der Waals surface area contributed by atoms with Crippen molar-refractivity contribution >= 4 is 6.03 Å². The van der Waals surface area contributed by atoms with Gasteiger partial charge < -0.3 is 19.6 Å². The Hall–Kier alpha value is -1.56. The van der Waals surface area contributed by atoms with Gasteiger partial charge in [-0.25, -0.2) is 4.79 Å². The largest absolute Gasteiger partial charge is 0.361 e. The fraction of sp³-hybridized carbons (Fsp3) is 0.733. The van der Waals surface area contributed by atoms with Crippen molar-refractivity contribution < 1.29 is 9.32 Å². The monoisotopic (exact) mass is 296 g/mol. The van der Waals surface area contributed by atoms with Crippen LogP contribution in [0.25, 0.3) is 0 Å². The first-order chi connectivity index (χ1) is 9.97. The molecule has 0 unspecified atom stereocenters. The van der Waals surface area contributed by atoms with Crippen LogP contribution in [0.5, 0.6) is 0 Å². The molecule has 6 nitrogen and oxygen atoms in total. The van der Waals surface area contributed by atoms with Crippen molar-refractivity contribution in [3.63, 3.8) is 0 Å². The molecule has 1 aromatic heterocycles. The van der Waals surface area contributed by atoms with Crippen LogP contribution in [-0.4, -0.2) is 54.2 Å². The Morgan fingerprint density at radius 3 is 2.57 bits per heavy atom. The van der Waals surface area contributed by atoms with Crippen molar-refractivity contribution in [2.24, 2.45) is 0 Å². The van der Waals surface area contributed by atoms with E-state index in [2.05, 4.69) is 29.2 Å². The lowest BCUT2D eigenvalue weighted by atomic mass is 10.1. The fourth-order valence-corrected chi connectivity index (χ4v) is 1.99. The Morgan fingerprint density at radius 2 is 2.05 bits per heavy atom. The molecule has 0 saturated heterocycles. The van der Waals surface area contributed by atoms with Gasteiger partial charge in [-0.3, -0.25) is 0 Å². The minimum Gasteiger partial charge on any atom is -0.361 e. The summed E-state index contributed by atoms with van der Waals surface area (Å²) in [5.41, 5.74) is 0.778. The summed E-state index contributed by atoms with van der Waals surface area (Å²) in [6.45, 7) is 12.3. The molecule has 0 bridgehead atoms. The van der Waals surface area contributed by atoms with E-state index in [1.165, 1.54) is 0 Å².